The smallest absolute Gasteiger partial charge is 0.269 e. The molecule has 0 aliphatic heterocycles. The van der Waals surface area contributed by atoms with E-state index in [2.05, 4.69) is 20.5 Å². The van der Waals surface area contributed by atoms with Crippen molar-refractivity contribution in [3.05, 3.63) is 75.9 Å². The Kier molecular flexibility index (Phi) is 6.35. The summed E-state index contributed by atoms with van der Waals surface area (Å²) in [5.41, 5.74) is 1.23. The van der Waals surface area contributed by atoms with Crippen LogP contribution in [0.15, 0.2) is 53.7 Å². The lowest BCUT2D eigenvalue weighted by Crippen LogP contribution is -2.22. The topological polar surface area (TPSA) is 114 Å². The molecule has 1 heterocycles. The maximum atomic E-state index is 12.9. The summed E-state index contributed by atoms with van der Waals surface area (Å²) < 4.78 is 12.9. The molecule has 0 radical (unpaired) electrons. The predicted molar refractivity (Wildman–Crippen MR) is 109 cm³/mol. The monoisotopic (exact) mass is 413 g/mol. The highest BCUT2D eigenvalue weighted by atomic mass is 32.2. The number of benzene rings is 2. The van der Waals surface area contributed by atoms with Crippen LogP contribution in [0, 0.1) is 15.9 Å². The van der Waals surface area contributed by atoms with E-state index in [0.717, 1.165) is 5.56 Å². The third-order valence-electron chi connectivity index (χ3n) is 3.78. The maximum absolute atomic E-state index is 12.9. The van der Waals surface area contributed by atoms with Gasteiger partial charge in [0.05, 0.1) is 10.2 Å². The molecule has 1 atom stereocenters. The van der Waals surface area contributed by atoms with Crippen molar-refractivity contribution < 1.29 is 14.1 Å². The molecule has 0 saturated carbocycles. The van der Waals surface area contributed by atoms with Crippen LogP contribution in [0.3, 0.4) is 0 Å². The zero-order valence-corrected chi connectivity index (χ0v) is 16.0. The fourth-order valence-electron chi connectivity index (χ4n) is 2.26. The second-order valence-corrected chi connectivity index (χ2v) is 7.25. The molecule has 1 aromatic heterocycles. The summed E-state index contributed by atoms with van der Waals surface area (Å²) in [5, 5.41) is 20.1. The molecule has 1 amide bonds. The molecule has 10 heteroatoms. The van der Waals surface area contributed by atoms with E-state index in [-0.39, 0.29) is 17.4 Å². The Morgan fingerprint density at radius 1 is 1.21 bits per heavy atom. The molecule has 0 aliphatic rings. The lowest BCUT2D eigenvalue weighted by atomic mass is 10.2. The first-order chi connectivity index (χ1) is 13.9. The first kappa shape index (κ1) is 20.2. The number of nitro benzene ring substituents is 1. The summed E-state index contributed by atoms with van der Waals surface area (Å²) in [6.07, 6.45) is 3.46. The molecule has 3 aromatic rings. The Bertz CT molecular complexity index is 1030. The molecule has 8 nitrogen and oxygen atoms in total. The lowest BCUT2D eigenvalue weighted by molar-refractivity contribution is -0.384. The SMILES string of the molecule is CC(Sc1n[nH]c(/C=C/c2ccc(F)cc2)n1)C(=O)Nc1ccc([N+](=O)[O-])cc1. The van der Waals surface area contributed by atoms with Crippen LogP contribution in [0.25, 0.3) is 12.2 Å². The Morgan fingerprint density at radius 2 is 1.90 bits per heavy atom. The normalized spacial score (nSPS) is 12.1. The highest BCUT2D eigenvalue weighted by molar-refractivity contribution is 8.00. The largest absolute Gasteiger partial charge is 0.325 e. The van der Waals surface area contributed by atoms with Crippen LogP contribution in [0.2, 0.25) is 0 Å². The van der Waals surface area contributed by atoms with Crippen LogP contribution in [0.1, 0.15) is 18.3 Å². The number of hydrogen-bond donors (Lipinski definition) is 2. The minimum atomic E-state index is -0.505. The molecule has 0 spiro atoms. The third-order valence-corrected chi connectivity index (χ3v) is 4.74. The van der Waals surface area contributed by atoms with Gasteiger partial charge < -0.3 is 5.32 Å². The first-order valence-electron chi connectivity index (χ1n) is 8.49. The number of aromatic amines is 1. The predicted octanol–water partition coefficient (Wildman–Crippen LogP) is 4.14. The van der Waals surface area contributed by atoms with Gasteiger partial charge in [-0.2, -0.15) is 0 Å². The molecule has 0 bridgehead atoms. The molecule has 148 valence electrons. The van der Waals surface area contributed by atoms with Crippen molar-refractivity contribution in [2.75, 3.05) is 5.32 Å². The highest BCUT2D eigenvalue weighted by Crippen LogP contribution is 2.22. The number of thioether (sulfide) groups is 1. The number of halogens is 1. The number of amides is 1. The Balaban J connectivity index is 1.56. The van der Waals surface area contributed by atoms with Crippen LogP contribution < -0.4 is 5.32 Å². The zero-order chi connectivity index (χ0) is 20.8. The number of H-pyrrole nitrogens is 1. The Morgan fingerprint density at radius 3 is 2.55 bits per heavy atom. The fourth-order valence-corrected chi connectivity index (χ4v) is 2.99. The number of hydrogen-bond acceptors (Lipinski definition) is 6. The molecule has 1 unspecified atom stereocenters. The van der Waals surface area contributed by atoms with E-state index in [9.17, 15) is 19.3 Å². The summed E-state index contributed by atoms with van der Waals surface area (Å²) >= 11 is 1.17. The van der Waals surface area contributed by atoms with Crippen LogP contribution in [-0.2, 0) is 4.79 Å². The molecular weight excluding hydrogens is 397 g/mol. The zero-order valence-electron chi connectivity index (χ0n) is 15.2. The third kappa shape index (κ3) is 5.72. The van der Waals surface area contributed by atoms with E-state index >= 15 is 0 Å². The van der Waals surface area contributed by atoms with Crippen molar-refractivity contribution in [1.29, 1.82) is 0 Å². The Labute approximate surface area is 169 Å². The standard InChI is InChI=1S/C19H16FN5O3S/c1-12(18(26)21-15-7-9-16(10-8-15)25(27)28)29-19-22-17(23-24-19)11-4-13-2-5-14(20)6-3-13/h2-12H,1H3,(H,21,26)(H,22,23,24)/b11-4+. The molecule has 0 fully saturated rings. The van der Waals surface area contributed by atoms with E-state index in [4.69, 9.17) is 0 Å². The van der Waals surface area contributed by atoms with E-state index < -0.39 is 10.2 Å². The minimum Gasteiger partial charge on any atom is -0.325 e. The van der Waals surface area contributed by atoms with Gasteiger partial charge in [0, 0.05) is 17.8 Å². The number of anilines is 1. The molecule has 2 aromatic carbocycles. The van der Waals surface area contributed by atoms with Crippen molar-refractivity contribution in [2.24, 2.45) is 0 Å². The number of carbonyl (C=O) groups excluding carboxylic acids is 1. The number of nitrogens with zero attached hydrogens (tertiary/aromatic N) is 3. The van der Waals surface area contributed by atoms with Crippen LogP contribution in [0.5, 0.6) is 0 Å². The molecule has 0 saturated heterocycles. The van der Waals surface area contributed by atoms with E-state index in [1.54, 1.807) is 31.2 Å². The van der Waals surface area contributed by atoms with E-state index in [1.165, 1.54) is 48.2 Å². The second-order valence-electron chi connectivity index (χ2n) is 5.94. The van der Waals surface area contributed by atoms with Gasteiger partial charge in [-0.25, -0.2) is 9.37 Å². The van der Waals surface area contributed by atoms with Crippen LogP contribution in [0.4, 0.5) is 15.8 Å². The number of aromatic nitrogens is 3. The van der Waals surface area contributed by atoms with E-state index in [1.807, 2.05) is 0 Å². The van der Waals surface area contributed by atoms with Gasteiger partial charge in [0.2, 0.25) is 11.1 Å². The highest BCUT2D eigenvalue weighted by Gasteiger charge is 2.17. The minimum absolute atomic E-state index is 0.0487. The number of rotatable bonds is 7. The van der Waals surface area contributed by atoms with Gasteiger partial charge in [-0.05, 0) is 42.8 Å². The fraction of sp³-hybridized carbons (Fsp3) is 0.105. The molecular formula is C19H16FN5O3S. The van der Waals surface area contributed by atoms with Gasteiger partial charge in [-0.1, -0.05) is 30.0 Å². The summed E-state index contributed by atoms with van der Waals surface area (Å²) in [7, 11) is 0. The van der Waals surface area contributed by atoms with Crippen molar-refractivity contribution >= 4 is 41.2 Å². The summed E-state index contributed by atoms with van der Waals surface area (Å²) in [5.74, 6) is -0.0849. The Hall–Kier alpha value is -3.53. The van der Waals surface area contributed by atoms with Crippen molar-refractivity contribution in [3.63, 3.8) is 0 Å². The van der Waals surface area contributed by atoms with Gasteiger partial charge >= 0.3 is 0 Å². The van der Waals surface area contributed by atoms with Crippen LogP contribution in [-0.4, -0.2) is 31.3 Å². The van der Waals surface area contributed by atoms with Gasteiger partial charge in [0.25, 0.3) is 5.69 Å². The van der Waals surface area contributed by atoms with E-state index in [0.29, 0.717) is 16.7 Å². The molecule has 3 rings (SSSR count). The maximum Gasteiger partial charge on any atom is 0.269 e. The quantitative estimate of drug-likeness (QED) is 0.342. The lowest BCUT2D eigenvalue weighted by Gasteiger charge is -2.09. The van der Waals surface area contributed by atoms with Gasteiger partial charge in [-0.15, -0.1) is 5.10 Å². The first-order valence-corrected chi connectivity index (χ1v) is 9.37. The number of carbonyl (C=O) groups is 1. The second kappa shape index (κ2) is 9.11. The number of nitrogens with one attached hydrogen (secondary N) is 2. The number of non-ortho nitro benzene ring substituents is 1. The van der Waals surface area contributed by atoms with Gasteiger partial charge in [0.1, 0.15) is 11.6 Å². The van der Waals surface area contributed by atoms with Gasteiger partial charge in [-0.3, -0.25) is 20.0 Å². The van der Waals surface area contributed by atoms with Crippen molar-refractivity contribution in [2.45, 2.75) is 17.3 Å². The van der Waals surface area contributed by atoms with Gasteiger partial charge in [0.15, 0.2) is 0 Å². The average Bonchev–Trinajstić information content (AvgIpc) is 3.15. The molecule has 0 aliphatic carbocycles. The summed E-state index contributed by atoms with van der Waals surface area (Å²) in [6, 6.07) is 11.6. The average molecular weight is 413 g/mol. The summed E-state index contributed by atoms with van der Waals surface area (Å²) in [6.45, 7) is 1.70. The van der Waals surface area contributed by atoms with Crippen molar-refractivity contribution in [3.8, 4) is 0 Å². The van der Waals surface area contributed by atoms with Crippen molar-refractivity contribution in [1.82, 2.24) is 15.2 Å². The molecule has 2 N–H and O–H groups in total. The molecule has 29 heavy (non-hydrogen) atoms. The van der Waals surface area contributed by atoms with Crippen LogP contribution >= 0.6 is 11.8 Å². The summed E-state index contributed by atoms with van der Waals surface area (Å²) in [4.78, 5) is 26.8. The number of nitro groups is 1.